The van der Waals surface area contributed by atoms with Gasteiger partial charge in [0.05, 0.1) is 12.7 Å². The molecule has 0 saturated carbocycles. The van der Waals surface area contributed by atoms with Gasteiger partial charge in [-0.1, -0.05) is 19.1 Å². The first-order valence-electron chi connectivity index (χ1n) is 9.03. The van der Waals surface area contributed by atoms with Crippen molar-refractivity contribution in [2.45, 2.75) is 19.8 Å². The summed E-state index contributed by atoms with van der Waals surface area (Å²) in [6.07, 6.45) is 1.31. The lowest BCUT2D eigenvalue weighted by Crippen LogP contribution is -2.27. The van der Waals surface area contributed by atoms with Gasteiger partial charge in [0.1, 0.15) is 5.75 Å². The number of amides is 2. The first kappa shape index (κ1) is 21.0. The van der Waals surface area contributed by atoms with Crippen molar-refractivity contribution in [3.05, 3.63) is 64.7 Å². The second-order valence-corrected chi connectivity index (χ2v) is 6.17. The summed E-state index contributed by atoms with van der Waals surface area (Å²) in [5.41, 5.74) is 1.77. The molecule has 7 heteroatoms. The van der Waals surface area contributed by atoms with E-state index >= 15 is 0 Å². The Hall–Kier alpha value is -3.35. The predicted octanol–water partition coefficient (Wildman–Crippen LogP) is 2.51. The van der Waals surface area contributed by atoms with Crippen LogP contribution in [0.3, 0.4) is 0 Å². The zero-order valence-corrected chi connectivity index (χ0v) is 16.0. The minimum atomic E-state index is -1.03. The third-order valence-corrected chi connectivity index (χ3v) is 4.14. The number of carboxylic acid groups (broad SMARTS) is 1. The van der Waals surface area contributed by atoms with E-state index in [4.69, 9.17) is 9.84 Å². The molecule has 0 atom stereocenters. The van der Waals surface area contributed by atoms with Gasteiger partial charge in [-0.15, -0.1) is 0 Å². The Morgan fingerprint density at radius 3 is 2.14 bits per heavy atom. The van der Waals surface area contributed by atoms with Gasteiger partial charge in [-0.05, 0) is 48.7 Å². The van der Waals surface area contributed by atoms with Crippen molar-refractivity contribution in [2.75, 3.05) is 20.2 Å². The zero-order valence-electron chi connectivity index (χ0n) is 16.0. The number of rotatable bonds is 9. The van der Waals surface area contributed by atoms with Crippen LogP contribution in [-0.2, 0) is 6.42 Å². The minimum Gasteiger partial charge on any atom is -0.496 e. The number of nitrogens with one attached hydrogen (secondary N) is 2. The fourth-order valence-electron chi connectivity index (χ4n) is 2.64. The van der Waals surface area contributed by atoms with Crippen molar-refractivity contribution in [3.63, 3.8) is 0 Å². The molecule has 0 spiro atoms. The van der Waals surface area contributed by atoms with Gasteiger partial charge in [0, 0.05) is 24.2 Å². The number of carbonyl (C=O) groups excluding carboxylic acids is 2. The van der Waals surface area contributed by atoms with Crippen LogP contribution in [0.5, 0.6) is 5.75 Å². The van der Waals surface area contributed by atoms with Crippen molar-refractivity contribution >= 4 is 17.8 Å². The van der Waals surface area contributed by atoms with Crippen LogP contribution in [0, 0.1) is 0 Å². The fraction of sp³-hybridized carbons (Fsp3) is 0.286. The van der Waals surface area contributed by atoms with Crippen molar-refractivity contribution in [1.82, 2.24) is 10.6 Å². The topological polar surface area (TPSA) is 105 Å². The standard InChI is InChI=1S/C21H24N2O5/c1-3-10-22-19(24)15-5-4-6-16(12-15)20(25)23-11-9-14-7-8-17(21(26)27)13-18(14)28-2/h4-8,12-13H,3,9-11H2,1-2H3,(H,22,24)(H,23,25)(H,26,27). The largest absolute Gasteiger partial charge is 0.496 e. The lowest BCUT2D eigenvalue weighted by molar-refractivity contribution is 0.0696. The molecule has 0 heterocycles. The molecule has 2 aromatic carbocycles. The molecule has 0 aliphatic rings. The van der Waals surface area contributed by atoms with Crippen LogP contribution in [0.1, 0.15) is 50.0 Å². The first-order valence-corrected chi connectivity index (χ1v) is 9.03. The van der Waals surface area contributed by atoms with E-state index in [1.165, 1.54) is 19.2 Å². The van der Waals surface area contributed by atoms with E-state index in [1.807, 2.05) is 6.92 Å². The summed E-state index contributed by atoms with van der Waals surface area (Å²) >= 11 is 0. The Bertz CT molecular complexity index is 864. The van der Waals surface area contributed by atoms with Crippen molar-refractivity contribution < 1.29 is 24.2 Å². The molecule has 2 aromatic rings. The molecule has 7 nitrogen and oxygen atoms in total. The SMILES string of the molecule is CCCNC(=O)c1cccc(C(=O)NCCc2ccc(C(=O)O)cc2OC)c1. The number of hydrogen-bond donors (Lipinski definition) is 3. The molecule has 0 bridgehead atoms. The number of carbonyl (C=O) groups is 3. The molecular formula is C21H24N2O5. The van der Waals surface area contributed by atoms with E-state index in [0.717, 1.165) is 12.0 Å². The van der Waals surface area contributed by atoms with Crippen LogP contribution in [0.25, 0.3) is 0 Å². The van der Waals surface area contributed by atoms with Crippen molar-refractivity contribution in [2.24, 2.45) is 0 Å². The molecule has 28 heavy (non-hydrogen) atoms. The van der Waals surface area contributed by atoms with Gasteiger partial charge >= 0.3 is 5.97 Å². The maximum absolute atomic E-state index is 12.4. The van der Waals surface area contributed by atoms with E-state index in [9.17, 15) is 14.4 Å². The molecule has 0 unspecified atom stereocenters. The first-order chi connectivity index (χ1) is 13.5. The highest BCUT2D eigenvalue weighted by atomic mass is 16.5. The second kappa shape index (κ2) is 10.1. The maximum Gasteiger partial charge on any atom is 0.335 e. The highest BCUT2D eigenvalue weighted by Gasteiger charge is 2.12. The van der Waals surface area contributed by atoms with Crippen LogP contribution < -0.4 is 15.4 Å². The summed E-state index contributed by atoms with van der Waals surface area (Å²) in [6, 6.07) is 11.2. The smallest absolute Gasteiger partial charge is 0.335 e. The van der Waals surface area contributed by atoms with E-state index in [-0.39, 0.29) is 17.4 Å². The molecule has 148 valence electrons. The molecule has 2 rings (SSSR count). The molecule has 0 aromatic heterocycles. The van der Waals surface area contributed by atoms with Gasteiger partial charge in [-0.2, -0.15) is 0 Å². The molecule has 2 amide bonds. The number of methoxy groups -OCH3 is 1. The number of carboxylic acids is 1. The molecule has 0 fully saturated rings. The summed E-state index contributed by atoms with van der Waals surface area (Å²) in [5, 5.41) is 14.6. The Kier molecular flexibility index (Phi) is 7.56. The zero-order chi connectivity index (χ0) is 20.5. The number of ether oxygens (including phenoxy) is 1. The third-order valence-electron chi connectivity index (χ3n) is 4.14. The highest BCUT2D eigenvalue weighted by molar-refractivity contribution is 5.99. The molecule has 3 N–H and O–H groups in total. The Morgan fingerprint density at radius 2 is 1.57 bits per heavy atom. The van der Waals surface area contributed by atoms with Gasteiger partial charge < -0.3 is 20.5 Å². The van der Waals surface area contributed by atoms with Crippen LogP contribution in [0.15, 0.2) is 42.5 Å². The lowest BCUT2D eigenvalue weighted by Gasteiger charge is -2.11. The van der Waals surface area contributed by atoms with Gasteiger partial charge in [-0.3, -0.25) is 9.59 Å². The molecular weight excluding hydrogens is 360 g/mol. The predicted molar refractivity (Wildman–Crippen MR) is 105 cm³/mol. The Labute approximate surface area is 163 Å². The van der Waals surface area contributed by atoms with Crippen molar-refractivity contribution in [3.8, 4) is 5.75 Å². The van der Waals surface area contributed by atoms with E-state index < -0.39 is 5.97 Å². The normalized spacial score (nSPS) is 10.2. The third kappa shape index (κ3) is 5.57. The number of hydrogen-bond acceptors (Lipinski definition) is 4. The van der Waals surface area contributed by atoms with Crippen LogP contribution >= 0.6 is 0 Å². The molecule has 0 radical (unpaired) electrons. The summed E-state index contributed by atoms with van der Waals surface area (Å²) in [4.78, 5) is 35.4. The molecule has 0 saturated heterocycles. The average Bonchev–Trinajstić information content (AvgIpc) is 2.71. The van der Waals surface area contributed by atoms with Gasteiger partial charge in [0.2, 0.25) is 0 Å². The summed E-state index contributed by atoms with van der Waals surface area (Å²) in [7, 11) is 1.47. The van der Waals surface area contributed by atoms with Crippen LogP contribution in [-0.4, -0.2) is 43.1 Å². The molecule has 0 aliphatic carbocycles. The Balaban J connectivity index is 1.97. The summed E-state index contributed by atoms with van der Waals surface area (Å²) < 4.78 is 5.23. The van der Waals surface area contributed by atoms with Gasteiger partial charge in [0.25, 0.3) is 11.8 Å². The fourth-order valence-corrected chi connectivity index (χ4v) is 2.64. The van der Waals surface area contributed by atoms with E-state index in [0.29, 0.717) is 36.4 Å². The van der Waals surface area contributed by atoms with E-state index in [1.54, 1.807) is 30.3 Å². The lowest BCUT2D eigenvalue weighted by atomic mass is 10.1. The minimum absolute atomic E-state index is 0.141. The number of benzene rings is 2. The van der Waals surface area contributed by atoms with Crippen molar-refractivity contribution in [1.29, 1.82) is 0 Å². The quantitative estimate of drug-likeness (QED) is 0.616. The van der Waals surface area contributed by atoms with E-state index in [2.05, 4.69) is 10.6 Å². The van der Waals surface area contributed by atoms with Crippen LogP contribution in [0.4, 0.5) is 0 Å². The molecule has 0 aliphatic heterocycles. The Morgan fingerprint density at radius 1 is 0.929 bits per heavy atom. The highest BCUT2D eigenvalue weighted by Crippen LogP contribution is 2.20. The second-order valence-electron chi connectivity index (χ2n) is 6.17. The van der Waals surface area contributed by atoms with Gasteiger partial charge in [-0.25, -0.2) is 4.79 Å². The van der Waals surface area contributed by atoms with Gasteiger partial charge in [0.15, 0.2) is 0 Å². The maximum atomic E-state index is 12.4. The summed E-state index contributed by atoms with van der Waals surface area (Å²) in [5.74, 6) is -1.06. The average molecular weight is 384 g/mol. The monoisotopic (exact) mass is 384 g/mol. The summed E-state index contributed by atoms with van der Waals surface area (Å²) in [6.45, 7) is 2.89. The van der Waals surface area contributed by atoms with Crippen LogP contribution in [0.2, 0.25) is 0 Å². The number of aromatic carboxylic acids is 1.